The number of unbranched alkanes of at least 4 members (excludes halogenated alkanes) is 1. The monoisotopic (exact) mass is 361 g/mol. The van der Waals surface area contributed by atoms with Crippen LogP contribution in [0, 0.1) is 6.92 Å². The lowest BCUT2D eigenvalue weighted by atomic mass is 9.80. The van der Waals surface area contributed by atoms with Crippen LogP contribution in [-0.2, 0) is 4.79 Å². The van der Waals surface area contributed by atoms with Gasteiger partial charge in [-0.05, 0) is 38.3 Å². The summed E-state index contributed by atoms with van der Waals surface area (Å²) in [6, 6.07) is 2.76. The topological polar surface area (TPSA) is 108 Å². The lowest BCUT2D eigenvalue weighted by molar-refractivity contribution is -0.128. The van der Waals surface area contributed by atoms with Gasteiger partial charge in [0.25, 0.3) is 5.91 Å². The second-order valence-electron chi connectivity index (χ2n) is 6.84. The fraction of sp³-hybridized carbons (Fsp3) is 0.579. The molecule has 1 aliphatic rings. The zero-order chi connectivity index (χ0) is 19.2. The highest BCUT2D eigenvalue weighted by molar-refractivity contribution is 5.99. The van der Waals surface area contributed by atoms with Crippen molar-refractivity contribution in [1.29, 1.82) is 0 Å². The Labute approximate surface area is 153 Å². The molecule has 0 aliphatic heterocycles. The van der Waals surface area contributed by atoms with Gasteiger partial charge in [0.1, 0.15) is 11.2 Å². The minimum atomic E-state index is -1.08. The molecule has 1 aromatic rings. The van der Waals surface area contributed by atoms with E-state index in [1.54, 1.807) is 6.92 Å². The summed E-state index contributed by atoms with van der Waals surface area (Å²) in [5.74, 6) is -1.67. The highest BCUT2D eigenvalue weighted by Crippen LogP contribution is 2.29. The molecule has 2 rings (SSSR count). The second-order valence-corrected chi connectivity index (χ2v) is 6.84. The summed E-state index contributed by atoms with van der Waals surface area (Å²) >= 11 is 0. The Morgan fingerprint density at radius 2 is 1.88 bits per heavy atom. The van der Waals surface area contributed by atoms with Crippen LogP contribution < -0.4 is 10.6 Å². The molecule has 1 aliphatic carbocycles. The van der Waals surface area contributed by atoms with Gasteiger partial charge in [-0.15, -0.1) is 0 Å². The molecule has 1 fully saturated rings. The first-order valence-electron chi connectivity index (χ1n) is 9.21. The van der Waals surface area contributed by atoms with Gasteiger partial charge in [-0.25, -0.2) is 9.78 Å². The molecule has 0 aromatic carbocycles. The zero-order valence-electron chi connectivity index (χ0n) is 15.4. The summed E-state index contributed by atoms with van der Waals surface area (Å²) in [6.45, 7) is 4.20. The van der Waals surface area contributed by atoms with Gasteiger partial charge in [0, 0.05) is 6.54 Å². The summed E-state index contributed by atoms with van der Waals surface area (Å²) in [6.07, 6.45) is 5.89. The summed E-state index contributed by atoms with van der Waals surface area (Å²) in [5, 5.41) is 14.9. The maximum absolute atomic E-state index is 12.7. The number of aromatic carboxylic acids is 1. The number of hydrogen-bond acceptors (Lipinski definition) is 4. The summed E-state index contributed by atoms with van der Waals surface area (Å²) in [7, 11) is 0. The van der Waals surface area contributed by atoms with Crippen molar-refractivity contribution in [2.24, 2.45) is 0 Å². The third kappa shape index (κ3) is 4.59. The van der Waals surface area contributed by atoms with Gasteiger partial charge in [0.2, 0.25) is 5.91 Å². The first-order chi connectivity index (χ1) is 12.4. The van der Waals surface area contributed by atoms with Crippen molar-refractivity contribution in [3.05, 3.63) is 29.1 Å². The normalized spacial score (nSPS) is 15.9. The van der Waals surface area contributed by atoms with Gasteiger partial charge in [-0.2, -0.15) is 0 Å². The van der Waals surface area contributed by atoms with Crippen LogP contribution >= 0.6 is 0 Å². The van der Waals surface area contributed by atoms with E-state index >= 15 is 0 Å². The van der Waals surface area contributed by atoms with Crippen molar-refractivity contribution < 1.29 is 19.5 Å². The standard InChI is InChI=1S/C19H27N3O4/c1-3-4-12-20-18(26)19(10-6-5-7-11-19)22-16(23)15-9-8-14(17(24)25)13(2)21-15/h8-9H,3-7,10-12H2,1-2H3,(H,20,26)(H,22,23)(H,24,25). The first-order valence-corrected chi connectivity index (χ1v) is 9.21. The predicted molar refractivity (Wildman–Crippen MR) is 97.1 cm³/mol. The van der Waals surface area contributed by atoms with Crippen LogP contribution in [0.15, 0.2) is 12.1 Å². The van der Waals surface area contributed by atoms with Crippen LogP contribution in [0.25, 0.3) is 0 Å². The number of carboxylic acids is 1. The zero-order valence-corrected chi connectivity index (χ0v) is 15.4. The quantitative estimate of drug-likeness (QED) is 0.646. The molecule has 7 heteroatoms. The van der Waals surface area contributed by atoms with Crippen molar-refractivity contribution in [3.63, 3.8) is 0 Å². The van der Waals surface area contributed by atoms with Crippen molar-refractivity contribution in [3.8, 4) is 0 Å². The fourth-order valence-electron chi connectivity index (χ4n) is 3.31. The van der Waals surface area contributed by atoms with Crippen molar-refractivity contribution in [2.75, 3.05) is 6.54 Å². The largest absolute Gasteiger partial charge is 0.478 e. The number of aromatic nitrogens is 1. The first kappa shape index (κ1) is 19.9. The molecule has 26 heavy (non-hydrogen) atoms. The van der Waals surface area contributed by atoms with E-state index in [2.05, 4.69) is 22.5 Å². The number of carboxylic acid groups (broad SMARTS) is 1. The second kappa shape index (κ2) is 8.78. The van der Waals surface area contributed by atoms with E-state index in [-0.39, 0.29) is 22.9 Å². The minimum Gasteiger partial charge on any atom is -0.478 e. The van der Waals surface area contributed by atoms with E-state index in [0.717, 1.165) is 32.1 Å². The SMILES string of the molecule is CCCCNC(=O)C1(NC(=O)c2ccc(C(=O)O)c(C)n2)CCCCC1. The number of carbonyl (C=O) groups is 3. The Kier molecular flexibility index (Phi) is 6.71. The summed E-state index contributed by atoms with van der Waals surface area (Å²) < 4.78 is 0. The molecule has 7 nitrogen and oxygen atoms in total. The highest BCUT2D eigenvalue weighted by Gasteiger charge is 2.41. The van der Waals surface area contributed by atoms with Crippen LogP contribution in [0.5, 0.6) is 0 Å². The van der Waals surface area contributed by atoms with Crippen molar-refractivity contribution in [2.45, 2.75) is 64.3 Å². The highest BCUT2D eigenvalue weighted by atomic mass is 16.4. The number of rotatable bonds is 7. The maximum atomic E-state index is 12.7. The molecule has 1 aromatic heterocycles. The van der Waals surface area contributed by atoms with Crippen LogP contribution in [-0.4, -0.2) is 40.0 Å². The van der Waals surface area contributed by atoms with E-state index in [1.807, 2.05) is 0 Å². The fourth-order valence-corrected chi connectivity index (χ4v) is 3.31. The Balaban J connectivity index is 2.17. The van der Waals surface area contributed by atoms with E-state index < -0.39 is 17.4 Å². The van der Waals surface area contributed by atoms with Crippen LogP contribution in [0.4, 0.5) is 0 Å². The average Bonchev–Trinajstić information content (AvgIpc) is 2.62. The Bertz CT molecular complexity index is 681. The molecule has 1 saturated carbocycles. The molecule has 0 radical (unpaired) electrons. The minimum absolute atomic E-state index is 0.0613. The molecule has 0 bridgehead atoms. The molecular weight excluding hydrogens is 334 g/mol. The Hall–Kier alpha value is -2.44. The van der Waals surface area contributed by atoms with Gasteiger partial charge in [0.15, 0.2) is 0 Å². The van der Waals surface area contributed by atoms with Crippen molar-refractivity contribution in [1.82, 2.24) is 15.6 Å². The molecule has 0 unspecified atom stereocenters. The summed E-state index contributed by atoms with van der Waals surface area (Å²) in [4.78, 5) is 40.6. The molecule has 3 N–H and O–H groups in total. The smallest absolute Gasteiger partial charge is 0.337 e. The van der Waals surface area contributed by atoms with Crippen LogP contribution in [0.1, 0.15) is 78.4 Å². The molecule has 2 amide bonds. The van der Waals surface area contributed by atoms with Gasteiger partial charge in [0.05, 0.1) is 11.3 Å². The predicted octanol–water partition coefficient (Wildman–Crippen LogP) is 2.44. The van der Waals surface area contributed by atoms with E-state index in [1.165, 1.54) is 12.1 Å². The van der Waals surface area contributed by atoms with E-state index in [0.29, 0.717) is 19.4 Å². The van der Waals surface area contributed by atoms with Gasteiger partial charge >= 0.3 is 5.97 Å². The lowest BCUT2D eigenvalue weighted by Crippen LogP contribution is -2.59. The molecule has 0 atom stereocenters. The van der Waals surface area contributed by atoms with Crippen molar-refractivity contribution >= 4 is 17.8 Å². The number of amides is 2. The number of nitrogens with zero attached hydrogens (tertiary/aromatic N) is 1. The van der Waals surface area contributed by atoms with Crippen LogP contribution in [0.2, 0.25) is 0 Å². The maximum Gasteiger partial charge on any atom is 0.337 e. The number of nitrogens with one attached hydrogen (secondary N) is 2. The van der Waals surface area contributed by atoms with Gasteiger partial charge in [-0.1, -0.05) is 32.6 Å². The number of aryl methyl sites for hydroxylation is 1. The van der Waals surface area contributed by atoms with E-state index in [4.69, 9.17) is 5.11 Å². The summed E-state index contributed by atoms with van der Waals surface area (Å²) in [5.41, 5.74) is -0.454. The Morgan fingerprint density at radius 1 is 1.19 bits per heavy atom. The molecule has 142 valence electrons. The molecular formula is C19H27N3O4. The number of carbonyl (C=O) groups excluding carboxylic acids is 2. The third-order valence-corrected chi connectivity index (χ3v) is 4.86. The number of pyridine rings is 1. The third-order valence-electron chi connectivity index (χ3n) is 4.86. The molecule has 1 heterocycles. The molecule has 0 spiro atoms. The van der Waals surface area contributed by atoms with E-state index in [9.17, 15) is 14.4 Å². The lowest BCUT2D eigenvalue weighted by Gasteiger charge is -2.36. The van der Waals surface area contributed by atoms with Crippen LogP contribution in [0.3, 0.4) is 0 Å². The van der Waals surface area contributed by atoms with Gasteiger partial charge < -0.3 is 15.7 Å². The average molecular weight is 361 g/mol. The molecule has 0 saturated heterocycles. The number of hydrogen-bond donors (Lipinski definition) is 3. The Morgan fingerprint density at radius 3 is 2.46 bits per heavy atom. The van der Waals surface area contributed by atoms with Gasteiger partial charge in [-0.3, -0.25) is 9.59 Å².